The summed E-state index contributed by atoms with van der Waals surface area (Å²) in [6.45, 7) is 1.74. The van der Waals surface area contributed by atoms with Crippen molar-refractivity contribution in [1.29, 1.82) is 0 Å². The van der Waals surface area contributed by atoms with E-state index in [1.54, 1.807) is 37.1 Å². The highest BCUT2D eigenvalue weighted by Crippen LogP contribution is 2.06. The zero-order valence-corrected chi connectivity index (χ0v) is 8.90. The van der Waals surface area contributed by atoms with Gasteiger partial charge in [-0.2, -0.15) is 5.10 Å². The molecule has 8 nitrogen and oxygen atoms in total. The van der Waals surface area contributed by atoms with E-state index in [4.69, 9.17) is 0 Å². The number of carbonyl (C=O) groups is 1. The van der Waals surface area contributed by atoms with E-state index in [0.717, 1.165) is 0 Å². The summed E-state index contributed by atoms with van der Waals surface area (Å²) in [5, 5.41) is 17.3. The van der Waals surface area contributed by atoms with E-state index < -0.39 is 6.04 Å². The molecule has 2 aromatic rings. The molecule has 0 aromatic carbocycles. The second-order valence-electron chi connectivity index (χ2n) is 3.28. The number of anilines is 1. The Balaban J connectivity index is 2.07. The van der Waals surface area contributed by atoms with Gasteiger partial charge in [0.15, 0.2) is 0 Å². The molecule has 2 heterocycles. The fraction of sp³-hybridized carbons (Fsp3) is 0.375. The number of rotatable bonds is 3. The fourth-order valence-electron chi connectivity index (χ4n) is 1.18. The molecule has 0 fully saturated rings. The van der Waals surface area contributed by atoms with Gasteiger partial charge in [-0.15, -0.1) is 0 Å². The van der Waals surface area contributed by atoms with Crippen molar-refractivity contribution < 1.29 is 4.79 Å². The molecule has 0 aliphatic heterocycles. The summed E-state index contributed by atoms with van der Waals surface area (Å²) in [7, 11) is 1.65. The fourth-order valence-corrected chi connectivity index (χ4v) is 1.18. The van der Waals surface area contributed by atoms with Crippen LogP contribution < -0.4 is 5.32 Å². The smallest absolute Gasteiger partial charge is 0.251 e. The van der Waals surface area contributed by atoms with Crippen molar-refractivity contribution in [3.63, 3.8) is 0 Å². The van der Waals surface area contributed by atoms with Gasteiger partial charge in [0.25, 0.3) is 5.91 Å². The van der Waals surface area contributed by atoms with Gasteiger partial charge in [-0.25, -0.2) is 4.68 Å². The highest BCUT2D eigenvalue weighted by Gasteiger charge is 2.17. The molecule has 0 saturated carbocycles. The molecule has 1 amide bonds. The van der Waals surface area contributed by atoms with E-state index in [0.29, 0.717) is 5.95 Å². The lowest BCUT2D eigenvalue weighted by molar-refractivity contribution is -0.119. The van der Waals surface area contributed by atoms with E-state index in [1.165, 1.54) is 4.68 Å². The van der Waals surface area contributed by atoms with E-state index in [-0.39, 0.29) is 5.91 Å². The molecule has 16 heavy (non-hydrogen) atoms. The van der Waals surface area contributed by atoms with Crippen molar-refractivity contribution in [3.8, 4) is 0 Å². The third-order valence-electron chi connectivity index (χ3n) is 2.16. The van der Waals surface area contributed by atoms with Crippen LogP contribution in [0.15, 0.2) is 18.5 Å². The second kappa shape index (κ2) is 4.09. The molecular formula is C8H11N7O. The summed E-state index contributed by atoms with van der Waals surface area (Å²) in [5.41, 5.74) is 0. The van der Waals surface area contributed by atoms with Gasteiger partial charge in [0.05, 0.1) is 0 Å². The van der Waals surface area contributed by atoms with E-state index in [9.17, 15) is 4.79 Å². The van der Waals surface area contributed by atoms with Crippen molar-refractivity contribution in [2.75, 3.05) is 5.32 Å². The molecule has 0 aliphatic rings. The maximum Gasteiger partial charge on any atom is 0.251 e. The monoisotopic (exact) mass is 221 g/mol. The predicted octanol–water partition coefficient (Wildman–Crippen LogP) is -0.394. The number of aromatic nitrogens is 6. The molecule has 1 atom stereocenters. The largest absolute Gasteiger partial charge is 0.292 e. The van der Waals surface area contributed by atoms with Crippen molar-refractivity contribution in [3.05, 3.63) is 18.5 Å². The summed E-state index contributed by atoms with van der Waals surface area (Å²) in [6, 6.07) is 1.35. The Morgan fingerprint density at radius 3 is 2.94 bits per heavy atom. The van der Waals surface area contributed by atoms with Crippen molar-refractivity contribution in [2.24, 2.45) is 7.05 Å². The van der Waals surface area contributed by atoms with Crippen LogP contribution in [0.1, 0.15) is 13.0 Å². The maximum absolute atomic E-state index is 11.8. The molecule has 8 heteroatoms. The minimum Gasteiger partial charge on any atom is -0.292 e. The quantitative estimate of drug-likeness (QED) is 0.762. The van der Waals surface area contributed by atoms with Crippen molar-refractivity contribution in [1.82, 2.24) is 30.0 Å². The van der Waals surface area contributed by atoms with Crippen LogP contribution in [0.3, 0.4) is 0 Å². The Labute approximate surface area is 91.3 Å². The van der Waals surface area contributed by atoms with E-state index >= 15 is 0 Å². The average Bonchev–Trinajstić information content (AvgIpc) is 2.89. The molecule has 1 unspecified atom stereocenters. The standard InChI is InChI=1S/C8H11N7O/c1-6(15-5-3-4-9-15)7(16)10-8-11-12-13-14(8)2/h3-6H,1-2H3,(H,10,11,13,16). The Morgan fingerprint density at radius 2 is 2.38 bits per heavy atom. The average molecular weight is 221 g/mol. The Morgan fingerprint density at radius 1 is 1.56 bits per heavy atom. The lowest BCUT2D eigenvalue weighted by Gasteiger charge is -2.11. The molecule has 1 N–H and O–H groups in total. The molecule has 0 spiro atoms. The molecular weight excluding hydrogens is 210 g/mol. The van der Waals surface area contributed by atoms with Crippen LogP contribution in [0.2, 0.25) is 0 Å². The van der Waals surface area contributed by atoms with Crippen LogP contribution >= 0.6 is 0 Å². The number of amides is 1. The van der Waals surface area contributed by atoms with Gasteiger partial charge in [0.2, 0.25) is 5.95 Å². The second-order valence-corrected chi connectivity index (χ2v) is 3.28. The van der Waals surface area contributed by atoms with Crippen LogP contribution in [-0.2, 0) is 11.8 Å². The molecule has 2 aromatic heterocycles. The number of aryl methyl sites for hydroxylation is 1. The lowest BCUT2D eigenvalue weighted by atomic mass is 10.3. The number of nitrogens with one attached hydrogen (secondary N) is 1. The first kappa shape index (κ1) is 10.3. The minimum atomic E-state index is -0.410. The maximum atomic E-state index is 11.8. The normalized spacial score (nSPS) is 12.4. The first-order valence-electron chi connectivity index (χ1n) is 4.71. The summed E-state index contributed by atoms with van der Waals surface area (Å²) in [6.07, 6.45) is 3.34. The van der Waals surface area contributed by atoms with Crippen LogP contribution in [0.5, 0.6) is 0 Å². The van der Waals surface area contributed by atoms with Gasteiger partial charge >= 0.3 is 0 Å². The summed E-state index contributed by atoms with van der Waals surface area (Å²) in [5.74, 6) is 0.0885. The van der Waals surface area contributed by atoms with Crippen molar-refractivity contribution >= 4 is 11.9 Å². The van der Waals surface area contributed by atoms with E-state index in [1.807, 2.05) is 0 Å². The van der Waals surface area contributed by atoms with E-state index in [2.05, 4.69) is 25.9 Å². The topological polar surface area (TPSA) is 90.5 Å². The predicted molar refractivity (Wildman–Crippen MR) is 54.4 cm³/mol. The van der Waals surface area contributed by atoms with Crippen LogP contribution in [0.25, 0.3) is 0 Å². The van der Waals surface area contributed by atoms with Crippen LogP contribution in [0, 0.1) is 0 Å². The number of nitrogens with zero attached hydrogens (tertiary/aromatic N) is 6. The van der Waals surface area contributed by atoms with Gasteiger partial charge in [0.1, 0.15) is 6.04 Å². The zero-order valence-electron chi connectivity index (χ0n) is 8.90. The highest BCUT2D eigenvalue weighted by atomic mass is 16.2. The van der Waals surface area contributed by atoms with Gasteiger partial charge in [-0.1, -0.05) is 5.10 Å². The molecule has 0 bridgehead atoms. The minimum absolute atomic E-state index is 0.221. The molecule has 0 saturated heterocycles. The first-order valence-corrected chi connectivity index (χ1v) is 4.71. The van der Waals surface area contributed by atoms with Crippen molar-refractivity contribution in [2.45, 2.75) is 13.0 Å². The van der Waals surface area contributed by atoms with Gasteiger partial charge in [0, 0.05) is 19.4 Å². The number of carbonyl (C=O) groups excluding carboxylic acids is 1. The zero-order chi connectivity index (χ0) is 11.5. The molecule has 84 valence electrons. The molecule has 0 radical (unpaired) electrons. The number of hydrogen-bond donors (Lipinski definition) is 1. The lowest BCUT2D eigenvalue weighted by Crippen LogP contribution is -2.25. The third kappa shape index (κ3) is 1.90. The summed E-state index contributed by atoms with van der Waals surface area (Å²) >= 11 is 0. The Kier molecular flexibility index (Phi) is 2.63. The van der Waals surface area contributed by atoms with Crippen LogP contribution in [0.4, 0.5) is 5.95 Å². The highest BCUT2D eigenvalue weighted by molar-refractivity contribution is 5.91. The van der Waals surface area contributed by atoms with Gasteiger partial charge in [-0.05, 0) is 23.4 Å². The van der Waals surface area contributed by atoms with Gasteiger partial charge < -0.3 is 0 Å². The Bertz CT molecular complexity index is 474. The first-order chi connectivity index (χ1) is 7.68. The number of hydrogen-bond acceptors (Lipinski definition) is 5. The Hall–Kier alpha value is -2.25. The number of tetrazole rings is 1. The summed E-state index contributed by atoms with van der Waals surface area (Å²) in [4.78, 5) is 11.8. The third-order valence-corrected chi connectivity index (χ3v) is 2.16. The summed E-state index contributed by atoms with van der Waals surface area (Å²) < 4.78 is 2.94. The molecule has 0 aliphatic carbocycles. The van der Waals surface area contributed by atoms with Gasteiger partial charge in [-0.3, -0.25) is 14.8 Å². The SMILES string of the molecule is CC(C(=O)Nc1nnnn1C)n1cccn1. The van der Waals surface area contributed by atoms with Crippen LogP contribution in [-0.4, -0.2) is 35.9 Å². The molecule has 2 rings (SSSR count).